The molecule has 6 nitrogen and oxygen atoms in total. The Bertz CT molecular complexity index is 903. The summed E-state index contributed by atoms with van der Waals surface area (Å²) in [4.78, 5) is 24.5. The van der Waals surface area contributed by atoms with Crippen LogP contribution in [0.4, 0.5) is 5.69 Å². The number of ether oxygens (including phenoxy) is 2. The van der Waals surface area contributed by atoms with E-state index < -0.39 is 18.5 Å². The normalized spacial score (nSPS) is 15.3. The number of aliphatic hydroxyl groups is 1. The molecule has 1 aliphatic rings. The predicted octanol–water partition coefficient (Wildman–Crippen LogP) is 3.97. The average Bonchev–Trinajstić information content (AvgIpc) is 2.72. The quantitative estimate of drug-likeness (QED) is 0.604. The number of hydrogen-bond donors (Lipinski definition) is 2. The molecular formula is C23H25NO5. The summed E-state index contributed by atoms with van der Waals surface area (Å²) in [5, 5.41) is 12.1. The van der Waals surface area contributed by atoms with E-state index in [1.807, 2.05) is 37.3 Å². The van der Waals surface area contributed by atoms with Crippen LogP contribution in [0.25, 0.3) is 0 Å². The van der Waals surface area contributed by atoms with Crippen molar-refractivity contribution in [1.29, 1.82) is 0 Å². The molecule has 0 atom stereocenters. The van der Waals surface area contributed by atoms with Gasteiger partial charge >= 0.3 is 5.97 Å². The third-order valence-electron chi connectivity index (χ3n) is 4.11. The SMILES string of the molecule is C/C1=C(\CO)C(=O)Nc2cc(C(=O)OCc3ccccc3)ccc2CO1.C=CC. The molecule has 152 valence electrons. The lowest BCUT2D eigenvalue weighted by Gasteiger charge is -2.19. The van der Waals surface area contributed by atoms with Crippen molar-refractivity contribution in [2.24, 2.45) is 0 Å². The van der Waals surface area contributed by atoms with Gasteiger partial charge in [0, 0.05) is 11.3 Å². The summed E-state index contributed by atoms with van der Waals surface area (Å²) in [7, 11) is 0. The van der Waals surface area contributed by atoms with E-state index >= 15 is 0 Å². The van der Waals surface area contributed by atoms with Gasteiger partial charge in [0.15, 0.2) is 0 Å². The maximum atomic E-state index is 12.3. The van der Waals surface area contributed by atoms with Crippen LogP contribution in [0.1, 0.15) is 35.3 Å². The minimum atomic E-state index is -0.483. The maximum absolute atomic E-state index is 12.3. The van der Waals surface area contributed by atoms with Crippen LogP contribution < -0.4 is 5.32 Å². The number of fused-ring (bicyclic) bond motifs is 1. The van der Waals surface area contributed by atoms with Crippen molar-refractivity contribution >= 4 is 17.6 Å². The minimum absolute atomic E-state index is 0.160. The smallest absolute Gasteiger partial charge is 0.338 e. The maximum Gasteiger partial charge on any atom is 0.338 e. The monoisotopic (exact) mass is 395 g/mol. The summed E-state index contributed by atoms with van der Waals surface area (Å²) in [6.45, 7) is 6.85. The molecule has 2 N–H and O–H groups in total. The van der Waals surface area contributed by atoms with E-state index in [-0.39, 0.29) is 18.8 Å². The van der Waals surface area contributed by atoms with Crippen molar-refractivity contribution in [1.82, 2.24) is 0 Å². The molecule has 1 aliphatic heterocycles. The highest BCUT2D eigenvalue weighted by atomic mass is 16.5. The van der Waals surface area contributed by atoms with Crippen molar-refractivity contribution in [3.8, 4) is 0 Å². The highest BCUT2D eigenvalue weighted by Crippen LogP contribution is 2.24. The highest BCUT2D eigenvalue weighted by molar-refractivity contribution is 6.05. The van der Waals surface area contributed by atoms with Gasteiger partial charge in [-0.15, -0.1) is 6.58 Å². The molecule has 1 heterocycles. The molecule has 1 amide bonds. The van der Waals surface area contributed by atoms with Gasteiger partial charge in [-0.1, -0.05) is 42.5 Å². The summed E-state index contributed by atoms with van der Waals surface area (Å²) < 4.78 is 10.8. The second-order valence-corrected chi connectivity index (χ2v) is 6.28. The minimum Gasteiger partial charge on any atom is -0.493 e. The number of esters is 1. The molecule has 0 aliphatic carbocycles. The number of anilines is 1. The van der Waals surface area contributed by atoms with Crippen LogP contribution in [0.15, 0.2) is 72.5 Å². The number of hydrogen-bond acceptors (Lipinski definition) is 5. The molecule has 0 spiro atoms. The molecule has 0 saturated heterocycles. The van der Waals surface area contributed by atoms with Crippen molar-refractivity contribution in [3.05, 3.63) is 89.2 Å². The number of allylic oxidation sites excluding steroid dienone is 2. The Balaban J connectivity index is 0.000000941. The first-order chi connectivity index (χ1) is 14.0. The predicted molar refractivity (Wildman–Crippen MR) is 111 cm³/mol. The van der Waals surface area contributed by atoms with Crippen molar-refractivity contribution in [2.75, 3.05) is 11.9 Å². The van der Waals surface area contributed by atoms with E-state index in [2.05, 4.69) is 11.9 Å². The third kappa shape index (κ3) is 6.05. The van der Waals surface area contributed by atoms with Gasteiger partial charge in [-0.05, 0) is 31.5 Å². The Morgan fingerprint density at radius 3 is 2.62 bits per heavy atom. The van der Waals surface area contributed by atoms with E-state index in [9.17, 15) is 14.7 Å². The molecule has 29 heavy (non-hydrogen) atoms. The lowest BCUT2D eigenvalue weighted by molar-refractivity contribution is -0.113. The lowest BCUT2D eigenvalue weighted by Crippen LogP contribution is -2.22. The Kier molecular flexibility index (Phi) is 8.18. The second-order valence-electron chi connectivity index (χ2n) is 6.28. The number of nitrogens with one attached hydrogen (secondary N) is 1. The number of carbonyl (C=O) groups excluding carboxylic acids is 2. The van der Waals surface area contributed by atoms with E-state index in [1.165, 1.54) is 0 Å². The summed E-state index contributed by atoms with van der Waals surface area (Å²) in [5.74, 6) is -0.564. The van der Waals surface area contributed by atoms with Gasteiger partial charge in [0.25, 0.3) is 5.91 Å². The Morgan fingerprint density at radius 1 is 1.28 bits per heavy atom. The first kappa shape index (κ1) is 21.9. The number of rotatable bonds is 4. The van der Waals surface area contributed by atoms with Gasteiger partial charge in [-0.3, -0.25) is 4.79 Å². The third-order valence-corrected chi connectivity index (χ3v) is 4.11. The standard InChI is InChI=1S/C20H19NO5.C3H6/c1-13-17(10-22)19(23)21-18-9-15(7-8-16(18)12-25-13)20(24)26-11-14-5-3-2-4-6-14;1-3-2/h2-9,22H,10-12H2,1H3,(H,21,23);3H,1H2,2H3/b17-13-;. The molecule has 3 rings (SSSR count). The van der Waals surface area contributed by atoms with Gasteiger partial charge in [-0.2, -0.15) is 0 Å². The van der Waals surface area contributed by atoms with Gasteiger partial charge in [0.1, 0.15) is 19.0 Å². The second kappa shape index (κ2) is 10.8. The summed E-state index contributed by atoms with van der Waals surface area (Å²) in [6, 6.07) is 14.3. The van der Waals surface area contributed by atoms with Gasteiger partial charge in [0.2, 0.25) is 0 Å². The van der Waals surface area contributed by atoms with Crippen LogP contribution in [0, 0.1) is 0 Å². The van der Waals surface area contributed by atoms with E-state index in [4.69, 9.17) is 9.47 Å². The molecule has 6 heteroatoms. The van der Waals surface area contributed by atoms with Gasteiger partial charge in [0.05, 0.1) is 17.7 Å². The molecular weight excluding hydrogens is 370 g/mol. The van der Waals surface area contributed by atoms with Crippen molar-refractivity contribution in [3.63, 3.8) is 0 Å². The molecule has 0 unspecified atom stereocenters. The Labute approximate surface area is 170 Å². The fourth-order valence-electron chi connectivity index (χ4n) is 2.57. The number of benzene rings is 2. The number of carbonyl (C=O) groups is 2. The van der Waals surface area contributed by atoms with Crippen LogP contribution in [0.5, 0.6) is 0 Å². The van der Waals surface area contributed by atoms with Crippen LogP contribution in [-0.2, 0) is 27.5 Å². The van der Waals surface area contributed by atoms with Crippen molar-refractivity contribution in [2.45, 2.75) is 27.1 Å². The van der Waals surface area contributed by atoms with Crippen molar-refractivity contribution < 1.29 is 24.2 Å². The largest absolute Gasteiger partial charge is 0.493 e. The van der Waals surface area contributed by atoms with Crippen LogP contribution in [0.2, 0.25) is 0 Å². The number of amides is 1. The molecule has 0 aromatic heterocycles. The van der Waals surface area contributed by atoms with E-state index in [0.29, 0.717) is 17.0 Å². The topological polar surface area (TPSA) is 84.9 Å². The Morgan fingerprint density at radius 2 is 1.97 bits per heavy atom. The number of aliphatic hydroxyl groups excluding tert-OH is 1. The zero-order valence-corrected chi connectivity index (χ0v) is 16.6. The van der Waals surface area contributed by atoms with Gasteiger partial charge < -0.3 is 19.9 Å². The molecule has 0 fully saturated rings. The van der Waals surface area contributed by atoms with Crippen LogP contribution in [0.3, 0.4) is 0 Å². The van der Waals surface area contributed by atoms with Crippen LogP contribution in [-0.4, -0.2) is 23.6 Å². The average molecular weight is 395 g/mol. The van der Waals surface area contributed by atoms with E-state index in [0.717, 1.165) is 11.1 Å². The zero-order valence-electron chi connectivity index (χ0n) is 16.6. The molecule has 0 radical (unpaired) electrons. The first-order valence-corrected chi connectivity index (χ1v) is 9.16. The van der Waals surface area contributed by atoms with Crippen LogP contribution >= 0.6 is 0 Å². The summed E-state index contributed by atoms with van der Waals surface area (Å²) >= 11 is 0. The fourth-order valence-corrected chi connectivity index (χ4v) is 2.57. The zero-order chi connectivity index (χ0) is 21.2. The first-order valence-electron chi connectivity index (χ1n) is 9.16. The lowest BCUT2D eigenvalue weighted by atomic mass is 10.1. The summed E-state index contributed by atoms with van der Waals surface area (Å²) in [6.07, 6.45) is 1.75. The highest BCUT2D eigenvalue weighted by Gasteiger charge is 2.20. The molecule has 2 aromatic rings. The molecule has 2 aromatic carbocycles. The summed E-state index contributed by atoms with van der Waals surface area (Å²) in [5.41, 5.74) is 2.57. The van der Waals surface area contributed by atoms with E-state index in [1.54, 1.807) is 31.2 Å². The fraction of sp³-hybridized carbons (Fsp3) is 0.217. The Hall–Kier alpha value is -3.38. The molecule has 0 bridgehead atoms. The van der Waals surface area contributed by atoms with Gasteiger partial charge in [-0.25, -0.2) is 4.79 Å². The molecule has 0 saturated carbocycles.